The van der Waals surface area contributed by atoms with Crippen molar-refractivity contribution in [1.29, 1.82) is 0 Å². The molecule has 2 aromatic rings. The van der Waals surface area contributed by atoms with Crippen molar-refractivity contribution in [2.45, 2.75) is 51.7 Å². The fraction of sp³-hybridized carbons (Fsp3) is 0.625. The predicted molar refractivity (Wildman–Crippen MR) is 87.5 cm³/mol. The first-order valence-corrected chi connectivity index (χ1v) is 8.29. The molecule has 24 heavy (non-hydrogen) atoms. The van der Waals surface area contributed by atoms with Gasteiger partial charge in [0, 0.05) is 24.7 Å². The predicted octanol–water partition coefficient (Wildman–Crippen LogP) is 1.44. The van der Waals surface area contributed by atoms with E-state index in [9.17, 15) is 9.90 Å². The summed E-state index contributed by atoms with van der Waals surface area (Å²) in [7, 11) is 0. The zero-order valence-electron chi connectivity index (χ0n) is 14.5. The van der Waals surface area contributed by atoms with Gasteiger partial charge in [-0.05, 0) is 25.8 Å². The van der Waals surface area contributed by atoms with Gasteiger partial charge in [0.2, 0.25) is 0 Å². The fourth-order valence-corrected chi connectivity index (χ4v) is 2.82. The summed E-state index contributed by atoms with van der Waals surface area (Å²) in [5.74, 6) is 0.103. The Morgan fingerprint density at radius 1 is 1.38 bits per heavy atom. The Bertz CT molecular complexity index is 735. The van der Waals surface area contributed by atoms with Gasteiger partial charge in [-0.2, -0.15) is 5.10 Å². The van der Waals surface area contributed by atoms with Gasteiger partial charge in [0.05, 0.1) is 12.7 Å². The summed E-state index contributed by atoms with van der Waals surface area (Å²) in [6.07, 6.45) is 2.20. The first kappa shape index (κ1) is 16.6. The highest BCUT2D eigenvalue weighted by Crippen LogP contribution is 2.31. The lowest BCUT2D eigenvalue weighted by atomic mass is 10.00. The SMILES string of the molecule is CC(C)c1cc(C(=O)N2CC[C@@](O)(c3cn(C(C)C)nn3)C2)n[nH]1. The van der Waals surface area contributed by atoms with Crippen molar-refractivity contribution in [2.75, 3.05) is 13.1 Å². The quantitative estimate of drug-likeness (QED) is 0.882. The number of hydrogen-bond acceptors (Lipinski definition) is 5. The van der Waals surface area contributed by atoms with E-state index in [0.29, 0.717) is 24.4 Å². The molecule has 8 nitrogen and oxygen atoms in total. The van der Waals surface area contributed by atoms with E-state index in [1.54, 1.807) is 21.8 Å². The maximum atomic E-state index is 12.6. The van der Waals surface area contributed by atoms with Crippen molar-refractivity contribution in [3.8, 4) is 0 Å². The van der Waals surface area contributed by atoms with E-state index in [1.165, 1.54) is 0 Å². The molecule has 1 aliphatic rings. The second-order valence-electron chi connectivity index (χ2n) is 7.05. The molecular weight excluding hydrogens is 308 g/mol. The van der Waals surface area contributed by atoms with Crippen LogP contribution in [0.3, 0.4) is 0 Å². The molecule has 0 aromatic carbocycles. The molecule has 2 N–H and O–H groups in total. The second kappa shape index (κ2) is 6.01. The molecule has 3 heterocycles. The Morgan fingerprint density at radius 2 is 2.12 bits per heavy atom. The van der Waals surface area contributed by atoms with Gasteiger partial charge in [-0.3, -0.25) is 9.89 Å². The number of hydrogen-bond donors (Lipinski definition) is 2. The summed E-state index contributed by atoms with van der Waals surface area (Å²) in [5, 5.41) is 26.0. The third-order valence-corrected chi connectivity index (χ3v) is 4.49. The van der Waals surface area contributed by atoms with Gasteiger partial charge in [-0.15, -0.1) is 5.10 Å². The smallest absolute Gasteiger partial charge is 0.274 e. The van der Waals surface area contributed by atoms with E-state index in [2.05, 4.69) is 20.5 Å². The molecule has 8 heteroatoms. The van der Waals surface area contributed by atoms with Crippen LogP contribution in [-0.2, 0) is 5.60 Å². The maximum Gasteiger partial charge on any atom is 0.274 e. The summed E-state index contributed by atoms with van der Waals surface area (Å²) in [6.45, 7) is 8.73. The second-order valence-corrected chi connectivity index (χ2v) is 7.05. The molecule has 0 bridgehead atoms. The third-order valence-electron chi connectivity index (χ3n) is 4.49. The van der Waals surface area contributed by atoms with E-state index in [1.807, 2.05) is 27.7 Å². The van der Waals surface area contributed by atoms with Gasteiger partial charge in [0.15, 0.2) is 0 Å². The molecule has 0 saturated carbocycles. The number of aromatic nitrogens is 5. The molecule has 2 aromatic heterocycles. The van der Waals surface area contributed by atoms with Crippen molar-refractivity contribution >= 4 is 5.91 Å². The molecule has 3 rings (SSSR count). The molecule has 0 unspecified atom stereocenters. The third kappa shape index (κ3) is 2.93. The van der Waals surface area contributed by atoms with Crippen molar-refractivity contribution < 1.29 is 9.90 Å². The first-order valence-electron chi connectivity index (χ1n) is 8.29. The molecule has 0 radical (unpaired) electrons. The van der Waals surface area contributed by atoms with Crippen molar-refractivity contribution in [3.05, 3.63) is 29.3 Å². The first-order chi connectivity index (χ1) is 11.3. The zero-order valence-corrected chi connectivity index (χ0v) is 14.5. The molecule has 0 spiro atoms. The number of H-pyrrole nitrogens is 1. The minimum atomic E-state index is -1.15. The van der Waals surface area contributed by atoms with Crippen LogP contribution in [0.1, 0.15) is 68.0 Å². The standard InChI is InChI=1S/C16H24N6O2/c1-10(2)12-7-13(18-17-12)15(23)21-6-5-16(24,9-21)14-8-22(11(3)4)20-19-14/h7-8,10-11,24H,5-6,9H2,1-4H3,(H,17,18)/t16-/m0/s1. The number of nitrogens with zero attached hydrogens (tertiary/aromatic N) is 5. The molecule has 1 aliphatic heterocycles. The molecule has 1 atom stereocenters. The highest BCUT2D eigenvalue weighted by atomic mass is 16.3. The number of nitrogens with one attached hydrogen (secondary N) is 1. The lowest BCUT2D eigenvalue weighted by molar-refractivity contribution is 0.0380. The van der Waals surface area contributed by atoms with Gasteiger partial charge >= 0.3 is 0 Å². The Kier molecular flexibility index (Phi) is 4.16. The lowest BCUT2D eigenvalue weighted by Crippen LogP contribution is -2.34. The maximum absolute atomic E-state index is 12.6. The number of carbonyl (C=O) groups excluding carboxylic acids is 1. The number of rotatable bonds is 4. The van der Waals surface area contributed by atoms with Gasteiger partial charge in [0.1, 0.15) is 17.0 Å². The summed E-state index contributed by atoms with van der Waals surface area (Å²) >= 11 is 0. The fourth-order valence-electron chi connectivity index (χ4n) is 2.82. The largest absolute Gasteiger partial charge is 0.381 e. The Balaban J connectivity index is 1.74. The number of amides is 1. The average Bonchev–Trinajstić information content (AvgIpc) is 3.26. The Labute approximate surface area is 140 Å². The minimum absolute atomic E-state index is 0.174. The summed E-state index contributed by atoms with van der Waals surface area (Å²) in [5.41, 5.74) is 0.665. The highest BCUT2D eigenvalue weighted by Gasteiger charge is 2.42. The zero-order chi connectivity index (χ0) is 17.5. The Hall–Kier alpha value is -2.22. The van der Waals surface area contributed by atoms with Crippen molar-refractivity contribution in [3.63, 3.8) is 0 Å². The van der Waals surface area contributed by atoms with Crippen LogP contribution in [-0.4, -0.2) is 54.2 Å². The molecule has 1 fully saturated rings. The van der Waals surface area contributed by atoms with E-state index >= 15 is 0 Å². The van der Waals surface area contributed by atoms with Crippen LogP contribution in [0.15, 0.2) is 12.3 Å². The summed E-state index contributed by atoms with van der Waals surface area (Å²) in [4.78, 5) is 14.2. The van der Waals surface area contributed by atoms with Gasteiger partial charge in [-0.1, -0.05) is 19.1 Å². The van der Waals surface area contributed by atoms with Gasteiger partial charge < -0.3 is 10.0 Å². The van der Waals surface area contributed by atoms with Crippen LogP contribution in [0.5, 0.6) is 0 Å². The average molecular weight is 332 g/mol. The minimum Gasteiger partial charge on any atom is -0.381 e. The van der Waals surface area contributed by atoms with E-state index in [4.69, 9.17) is 0 Å². The van der Waals surface area contributed by atoms with Crippen molar-refractivity contribution in [1.82, 2.24) is 30.1 Å². The van der Waals surface area contributed by atoms with E-state index in [-0.39, 0.29) is 24.4 Å². The molecule has 1 saturated heterocycles. The highest BCUT2D eigenvalue weighted by molar-refractivity contribution is 5.92. The van der Waals surface area contributed by atoms with Crippen LogP contribution in [0.25, 0.3) is 0 Å². The van der Waals surface area contributed by atoms with Crippen LogP contribution in [0, 0.1) is 0 Å². The van der Waals surface area contributed by atoms with E-state index in [0.717, 1.165) is 5.69 Å². The lowest BCUT2D eigenvalue weighted by Gasteiger charge is -2.20. The van der Waals surface area contributed by atoms with Crippen LogP contribution in [0.2, 0.25) is 0 Å². The summed E-state index contributed by atoms with van der Waals surface area (Å²) < 4.78 is 1.71. The molecule has 1 amide bonds. The van der Waals surface area contributed by atoms with Crippen molar-refractivity contribution in [2.24, 2.45) is 0 Å². The van der Waals surface area contributed by atoms with Gasteiger partial charge in [0.25, 0.3) is 5.91 Å². The monoisotopic (exact) mass is 332 g/mol. The topological polar surface area (TPSA) is 99.9 Å². The summed E-state index contributed by atoms with van der Waals surface area (Å²) in [6, 6.07) is 1.95. The number of aliphatic hydroxyl groups is 1. The van der Waals surface area contributed by atoms with E-state index < -0.39 is 5.60 Å². The number of aromatic amines is 1. The van der Waals surface area contributed by atoms with Gasteiger partial charge in [-0.25, -0.2) is 4.68 Å². The number of carbonyl (C=O) groups is 1. The normalized spacial score (nSPS) is 21.2. The molecule has 0 aliphatic carbocycles. The number of likely N-dealkylation sites (tertiary alicyclic amines) is 1. The van der Waals surface area contributed by atoms with Crippen LogP contribution in [0.4, 0.5) is 0 Å². The Morgan fingerprint density at radius 3 is 2.71 bits per heavy atom. The van der Waals surface area contributed by atoms with Crippen LogP contribution < -0.4 is 0 Å². The van der Waals surface area contributed by atoms with Crippen LogP contribution >= 0.6 is 0 Å². The number of β-amino-alcohol motifs (C(OH)–C–C–N with tert-alkyl or cyclic N) is 1. The molecule has 130 valence electrons. The molecular formula is C16H24N6O2.